The molecule has 1 aromatic heterocycles. The van der Waals surface area contributed by atoms with Crippen molar-refractivity contribution in [2.45, 2.75) is 13.2 Å². The van der Waals surface area contributed by atoms with Crippen LogP contribution in [0.1, 0.15) is 11.1 Å². The maximum atomic E-state index is 13.0. The van der Waals surface area contributed by atoms with Crippen molar-refractivity contribution >= 4 is 67.7 Å². The van der Waals surface area contributed by atoms with Gasteiger partial charge in [-0.05, 0) is 53.7 Å². The SMILES string of the molecule is O=C(Cn1c(=O)sc2ccccc21)NN1C(=O)/C(=C/c2cccc(OCc3ccccc3)c2)SC1=S. The van der Waals surface area contributed by atoms with Crippen LogP contribution in [0.15, 0.2) is 88.6 Å². The largest absolute Gasteiger partial charge is 0.489 e. The molecule has 5 rings (SSSR count). The van der Waals surface area contributed by atoms with Crippen LogP contribution < -0.4 is 15.0 Å². The summed E-state index contributed by atoms with van der Waals surface area (Å²) in [6, 6.07) is 24.5. The lowest BCUT2D eigenvalue weighted by atomic mass is 10.2. The Morgan fingerprint density at radius 3 is 2.61 bits per heavy atom. The fourth-order valence-electron chi connectivity index (χ4n) is 3.62. The molecule has 0 aliphatic carbocycles. The number of para-hydroxylation sites is 1. The molecular formula is C26H19N3O4S3. The van der Waals surface area contributed by atoms with E-state index in [1.165, 1.54) is 4.57 Å². The van der Waals surface area contributed by atoms with Crippen LogP contribution >= 0.6 is 35.3 Å². The van der Waals surface area contributed by atoms with E-state index in [1.807, 2.05) is 66.7 Å². The fourth-order valence-corrected chi connectivity index (χ4v) is 5.69. The van der Waals surface area contributed by atoms with Gasteiger partial charge in [-0.2, -0.15) is 5.01 Å². The number of hydrogen-bond acceptors (Lipinski definition) is 7. The Kier molecular flexibility index (Phi) is 6.99. The van der Waals surface area contributed by atoms with Crippen LogP contribution in [-0.2, 0) is 22.7 Å². The molecule has 2 amide bonds. The molecule has 1 aliphatic heterocycles. The van der Waals surface area contributed by atoms with E-state index in [1.54, 1.807) is 18.2 Å². The Morgan fingerprint density at radius 2 is 1.78 bits per heavy atom. The van der Waals surface area contributed by atoms with E-state index in [0.29, 0.717) is 22.8 Å². The Bertz CT molecular complexity index is 1560. The third-order valence-corrected chi connectivity index (χ3v) is 7.57. The van der Waals surface area contributed by atoms with Gasteiger partial charge in [-0.25, -0.2) is 0 Å². The molecule has 0 atom stereocenters. The third-order valence-electron chi connectivity index (χ3n) is 5.31. The zero-order chi connectivity index (χ0) is 25.1. The van der Waals surface area contributed by atoms with E-state index in [0.717, 1.165) is 43.9 Å². The number of carbonyl (C=O) groups is 2. The summed E-state index contributed by atoms with van der Waals surface area (Å²) in [5.41, 5.74) is 5.03. The molecule has 180 valence electrons. The Morgan fingerprint density at radius 1 is 1.00 bits per heavy atom. The lowest BCUT2D eigenvalue weighted by Gasteiger charge is -2.15. The van der Waals surface area contributed by atoms with Crippen molar-refractivity contribution in [3.8, 4) is 5.75 Å². The predicted molar refractivity (Wildman–Crippen MR) is 146 cm³/mol. The maximum Gasteiger partial charge on any atom is 0.308 e. The van der Waals surface area contributed by atoms with E-state index < -0.39 is 11.8 Å². The molecular weight excluding hydrogens is 515 g/mol. The van der Waals surface area contributed by atoms with Crippen molar-refractivity contribution in [2.75, 3.05) is 0 Å². The smallest absolute Gasteiger partial charge is 0.308 e. The number of aromatic nitrogens is 1. The zero-order valence-electron chi connectivity index (χ0n) is 18.7. The number of nitrogens with zero attached hydrogens (tertiary/aromatic N) is 2. The van der Waals surface area contributed by atoms with Crippen molar-refractivity contribution in [3.05, 3.63) is 105 Å². The van der Waals surface area contributed by atoms with Crippen molar-refractivity contribution < 1.29 is 14.3 Å². The molecule has 0 unspecified atom stereocenters. The topological polar surface area (TPSA) is 80.6 Å². The van der Waals surface area contributed by atoms with Crippen molar-refractivity contribution in [2.24, 2.45) is 0 Å². The van der Waals surface area contributed by atoms with Gasteiger partial charge < -0.3 is 4.74 Å². The molecule has 10 heteroatoms. The molecule has 2 heterocycles. The van der Waals surface area contributed by atoms with Crippen LogP contribution in [0.4, 0.5) is 0 Å². The van der Waals surface area contributed by atoms with Gasteiger partial charge in [0.05, 0.1) is 15.1 Å². The number of thiocarbonyl (C=S) groups is 1. The van der Waals surface area contributed by atoms with Gasteiger partial charge in [-0.15, -0.1) is 0 Å². The highest BCUT2D eigenvalue weighted by Crippen LogP contribution is 2.32. The monoisotopic (exact) mass is 533 g/mol. The number of amides is 2. The minimum absolute atomic E-state index is 0.207. The molecule has 0 radical (unpaired) electrons. The van der Waals surface area contributed by atoms with Crippen molar-refractivity contribution in [1.82, 2.24) is 15.0 Å². The van der Waals surface area contributed by atoms with Gasteiger partial charge in [-0.3, -0.25) is 24.4 Å². The van der Waals surface area contributed by atoms with Crippen molar-refractivity contribution in [3.63, 3.8) is 0 Å². The average molecular weight is 534 g/mol. The minimum atomic E-state index is -0.519. The Labute approximate surface area is 220 Å². The first-order valence-corrected chi connectivity index (χ1v) is 12.9. The number of nitrogens with one attached hydrogen (secondary N) is 1. The number of benzene rings is 3. The third kappa shape index (κ3) is 5.25. The van der Waals surface area contributed by atoms with Gasteiger partial charge >= 0.3 is 4.87 Å². The molecule has 7 nitrogen and oxygen atoms in total. The van der Waals surface area contributed by atoms with E-state index in [-0.39, 0.29) is 15.7 Å². The summed E-state index contributed by atoms with van der Waals surface area (Å²) in [6.45, 7) is 0.209. The number of rotatable bonds is 7. The summed E-state index contributed by atoms with van der Waals surface area (Å²) in [4.78, 5) is 38.1. The molecule has 36 heavy (non-hydrogen) atoms. The Balaban J connectivity index is 1.26. The van der Waals surface area contributed by atoms with Gasteiger partial charge in [-0.1, -0.05) is 77.7 Å². The number of ether oxygens (including phenoxy) is 1. The number of thiazole rings is 1. The molecule has 1 saturated heterocycles. The van der Waals surface area contributed by atoms with Crippen LogP contribution in [0.5, 0.6) is 5.75 Å². The maximum absolute atomic E-state index is 13.0. The number of thioether (sulfide) groups is 1. The van der Waals surface area contributed by atoms with Gasteiger partial charge in [0.25, 0.3) is 11.8 Å². The highest BCUT2D eigenvalue weighted by molar-refractivity contribution is 8.26. The summed E-state index contributed by atoms with van der Waals surface area (Å²) in [5.74, 6) is -0.282. The molecule has 1 N–H and O–H groups in total. The summed E-state index contributed by atoms with van der Waals surface area (Å²) < 4.78 is 8.24. The second-order valence-electron chi connectivity index (χ2n) is 7.82. The van der Waals surface area contributed by atoms with Gasteiger partial charge in [0, 0.05) is 0 Å². The summed E-state index contributed by atoms with van der Waals surface area (Å²) in [6.07, 6.45) is 1.71. The predicted octanol–water partition coefficient (Wildman–Crippen LogP) is 4.57. The lowest BCUT2D eigenvalue weighted by Crippen LogP contribution is -2.46. The van der Waals surface area contributed by atoms with E-state index in [2.05, 4.69) is 5.43 Å². The van der Waals surface area contributed by atoms with Gasteiger partial charge in [0.2, 0.25) is 0 Å². The first-order chi connectivity index (χ1) is 17.5. The lowest BCUT2D eigenvalue weighted by molar-refractivity contribution is -0.133. The average Bonchev–Trinajstić information content (AvgIpc) is 3.33. The van der Waals surface area contributed by atoms with Gasteiger partial charge in [0.15, 0.2) is 4.32 Å². The number of fused-ring (bicyclic) bond motifs is 1. The van der Waals surface area contributed by atoms with Crippen LogP contribution in [-0.4, -0.2) is 25.7 Å². The summed E-state index contributed by atoms with van der Waals surface area (Å²) in [7, 11) is 0. The normalized spacial score (nSPS) is 14.6. The molecule has 4 aromatic rings. The molecule has 0 saturated carbocycles. The van der Waals surface area contributed by atoms with Crippen LogP contribution in [0, 0.1) is 0 Å². The molecule has 0 bridgehead atoms. The first-order valence-electron chi connectivity index (χ1n) is 10.9. The second-order valence-corrected chi connectivity index (χ2v) is 10.5. The van der Waals surface area contributed by atoms with E-state index in [4.69, 9.17) is 17.0 Å². The highest BCUT2D eigenvalue weighted by atomic mass is 32.2. The molecule has 0 spiro atoms. The minimum Gasteiger partial charge on any atom is -0.489 e. The van der Waals surface area contributed by atoms with E-state index in [9.17, 15) is 14.4 Å². The number of carbonyl (C=O) groups excluding carboxylic acids is 2. The van der Waals surface area contributed by atoms with Crippen LogP contribution in [0.2, 0.25) is 0 Å². The van der Waals surface area contributed by atoms with E-state index >= 15 is 0 Å². The molecule has 1 aliphatic rings. The highest BCUT2D eigenvalue weighted by Gasteiger charge is 2.33. The fraction of sp³-hybridized carbons (Fsp3) is 0.0769. The number of hydrogen-bond donors (Lipinski definition) is 1. The van der Waals surface area contributed by atoms with Crippen molar-refractivity contribution in [1.29, 1.82) is 0 Å². The summed E-state index contributed by atoms with van der Waals surface area (Å²) in [5, 5.41) is 1.05. The quantitative estimate of drug-likeness (QED) is 0.277. The summed E-state index contributed by atoms with van der Waals surface area (Å²) >= 11 is 7.49. The first kappa shape index (κ1) is 24.0. The van der Waals surface area contributed by atoms with Crippen LogP contribution in [0.25, 0.3) is 16.3 Å². The molecule has 3 aromatic carbocycles. The molecule has 1 fully saturated rings. The number of hydrazine groups is 1. The Hall–Kier alpha value is -3.73. The standard InChI is InChI=1S/C26H19N3O4S3/c30-23(15-28-20-11-4-5-12-21(20)35-25(28)32)27-29-24(31)22(36-26(29)34)14-18-9-6-10-19(13-18)33-16-17-7-2-1-3-8-17/h1-14H,15-16H2,(H,27,30)/b22-14-. The van der Waals surface area contributed by atoms with Crippen LogP contribution in [0.3, 0.4) is 0 Å². The zero-order valence-corrected chi connectivity index (χ0v) is 21.2. The second kappa shape index (κ2) is 10.5. The van der Waals surface area contributed by atoms with Gasteiger partial charge in [0.1, 0.15) is 18.9 Å².